The van der Waals surface area contributed by atoms with Gasteiger partial charge in [0.25, 0.3) is 0 Å². The Bertz CT molecular complexity index is 806. The average molecular weight is 295 g/mol. The third-order valence-electron chi connectivity index (χ3n) is 3.68. The highest BCUT2D eigenvalue weighted by atomic mass is 19.2. The van der Waals surface area contributed by atoms with Crippen molar-refractivity contribution in [2.24, 2.45) is 0 Å². The van der Waals surface area contributed by atoms with E-state index in [-0.39, 0.29) is 5.56 Å². The zero-order valence-electron chi connectivity index (χ0n) is 12.4. The Balaban J connectivity index is 1.98. The van der Waals surface area contributed by atoms with Gasteiger partial charge in [-0.1, -0.05) is 42.5 Å². The second-order valence-corrected chi connectivity index (χ2v) is 5.36. The summed E-state index contributed by atoms with van der Waals surface area (Å²) in [5.74, 6) is -1.59. The Morgan fingerprint density at radius 3 is 2.05 bits per heavy atom. The van der Waals surface area contributed by atoms with Crippen LogP contribution in [0.3, 0.4) is 0 Å². The Kier molecular flexibility index (Phi) is 3.72. The molecule has 3 rings (SSSR count). The molecule has 0 spiro atoms. The molecule has 0 atom stereocenters. The highest BCUT2D eigenvalue weighted by Gasteiger charge is 2.12. The summed E-state index contributed by atoms with van der Waals surface area (Å²) in [6.07, 6.45) is 1.80. The fourth-order valence-corrected chi connectivity index (χ4v) is 2.33. The fourth-order valence-electron chi connectivity index (χ4n) is 2.33. The monoisotopic (exact) mass is 295 g/mol. The third-order valence-corrected chi connectivity index (χ3v) is 3.68. The first-order chi connectivity index (χ1) is 10.6. The Morgan fingerprint density at radius 1 is 0.727 bits per heavy atom. The quantitative estimate of drug-likeness (QED) is 0.624. The van der Waals surface area contributed by atoms with E-state index >= 15 is 0 Å². The van der Waals surface area contributed by atoms with Crippen LogP contribution in [-0.4, -0.2) is 4.98 Å². The highest BCUT2D eigenvalue weighted by Crippen LogP contribution is 2.28. The van der Waals surface area contributed by atoms with Crippen molar-refractivity contribution in [1.29, 1.82) is 0 Å². The van der Waals surface area contributed by atoms with Gasteiger partial charge in [0, 0.05) is 17.3 Å². The highest BCUT2D eigenvalue weighted by molar-refractivity contribution is 5.69. The van der Waals surface area contributed by atoms with Crippen molar-refractivity contribution in [1.82, 2.24) is 4.98 Å². The first-order valence-electron chi connectivity index (χ1n) is 7.04. The number of hydrogen-bond donors (Lipinski definition) is 0. The molecule has 0 amide bonds. The van der Waals surface area contributed by atoms with Gasteiger partial charge in [-0.05, 0) is 36.6 Å². The Hall–Kier alpha value is -2.55. The van der Waals surface area contributed by atoms with E-state index in [9.17, 15) is 8.78 Å². The van der Waals surface area contributed by atoms with Crippen molar-refractivity contribution in [2.45, 2.75) is 13.8 Å². The zero-order valence-corrected chi connectivity index (χ0v) is 12.4. The van der Waals surface area contributed by atoms with Crippen LogP contribution >= 0.6 is 0 Å². The van der Waals surface area contributed by atoms with Crippen molar-refractivity contribution in [2.75, 3.05) is 0 Å². The van der Waals surface area contributed by atoms with Crippen LogP contribution in [0.2, 0.25) is 0 Å². The van der Waals surface area contributed by atoms with Crippen LogP contribution in [0.25, 0.3) is 22.4 Å². The van der Waals surface area contributed by atoms with Gasteiger partial charge in [-0.2, -0.15) is 0 Å². The molecule has 0 bridgehead atoms. The fraction of sp³-hybridized carbons (Fsp3) is 0.105. The minimum atomic E-state index is -0.804. The normalized spacial score (nSPS) is 10.7. The van der Waals surface area contributed by atoms with Crippen LogP contribution in [-0.2, 0) is 0 Å². The molecule has 0 aliphatic heterocycles. The van der Waals surface area contributed by atoms with Gasteiger partial charge < -0.3 is 0 Å². The van der Waals surface area contributed by atoms with Gasteiger partial charge in [0.2, 0.25) is 0 Å². The minimum Gasteiger partial charge on any atom is -0.256 e. The Morgan fingerprint density at radius 2 is 1.41 bits per heavy atom. The molecule has 0 aliphatic rings. The molecule has 2 aromatic carbocycles. The van der Waals surface area contributed by atoms with Gasteiger partial charge in [-0.15, -0.1) is 0 Å². The SMILES string of the molecule is Cc1ccc(-c2ccc(-c3ccc(C)c(F)c3F)cc2)nc1. The van der Waals surface area contributed by atoms with Crippen molar-refractivity contribution < 1.29 is 8.78 Å². The van der Waals surface area contributed by atoms with Crippen LogP contribution in [0.15, 0.2) is 54.7 Å². The number of aromatic nitrogens is 1. The first-order valence-corrected chi connectivity index (χ1v) is 7.04. The third kappa shape index (κ3) is 2.62. The van der Waals surface area contributed by atoms with E-state index in [1.165, 1.54) is 0 Å². The number of halogens is 2. The summed E-state index contributed by atoms with van der Waals surface area (Å²) in [4.78, 5) is 4.36. The molecule has 0 aliphatic carbocycles. The van der Waals surface area contributed by atoms with Gasteiger partial charge in [0.05, 0.1) is 5.69 Å². The van der Waals surface area contributed by atoms with Gasteiger partial charge >= 0.3 is 0 Å². The lowest BCUT2D eigenvalue weighted by molar-refractivity contribution is 0.505. The van der Waals surface area contributed by atoms with Gasteiger partial charge in [-0.25, -0.2) is 8.78 Å². The summed E-state index contributed by atoms with van der Waals surface area (Å²) in [7, 11) is 0. The number of pyridine rings is 1. The molecule has 0 saturated carbocycles. The lowest BCUT2D eigenvalue weighted by Gasteiger charge is -2.07. The first kappa shape index (κ1) is 14.4. The summed E-state index contributed by atoms with van der Waals surface area (Å²) in [6, 6.07) is 14.4. The summed E-state index contributed by atoms with van der Waals surface area (Å²) in [6.45, 7) is 3.53. The van der Waals surface area contributed by atoms with E-state index in [1.54, 1.807) is 37.4 Å². The van der Waals surface area contributed by atoms with Crippen molar-refractivity contribution >= 4 is 0 Å². The van der Waals surface area contributed by atoms with E-state index in [2.05, 4.69) is 4.98 Å². The zero-order chi connectivity index (χ0) is 15.7. The summed E-state index contributed by atoms with van der Waals surface area (Å²) in [5.41, 5.74) is 4.11. The predicted molar refractivity (Wildman–Crippen MR) is 84.5 cm³/mol. The van der Waals surface area contributed by atoms with Crippen molar-refractivity contribution in [3.05, 3.63) is 77.5 Å². The molecule has 0 fully saturated rings. The smallest absolute Gasteiger partial charge is 0.166 e. The molecular formula is C19H15F2N. The molecule has 3 aromatic rings. The maximum atomic E-state index is 14.0. The topological polar surface area (TPSA) is 12.9 Å². The Labute approximate surface area is 128 Å². The number of hydrogen-bond acceptors (Lipinski definition) is 1. The lowest BCUT2D eigenvalue weighted by atomic mass is 10.0. The largest absolute Gasteiger partial charge is 0.256 e. The molecular weight excluding hydrogens is 280 g/mol. The maximum Gasteiger partial charge on any atom is 0.166 e. The molecule has 1 aromatic heterocycles. The van der Waals surface area contributed by atoms with Crippen LogP contribution < -0.4 is 0 Å². The van der Waals surface area contributed by atoms with Crippen molar-refractivity contribution in [3.8, 4) is 22.4 Å². The molecule has 0 unspecified atom stereocenters. The number of benzene rings is 2. The number of nitrogens with zero attached hydrogens (tertiary/aromatic N) is 1. The number of rotatable bonds is 2. The molecule has 1 heterocycles. The lowest BCUT2D eigenvalue weighted by Crippen LogP contribution is -1.93. The van der Waals surface area contributed by atoms with Crippen LogP contribution in [0.4, 0.5) is 8.78 Å². The average Bonchev–Trinajstić information content (AvgIpc) is 2.54. The second kappa shape index (κ2) is 5.68. The molecule has 3 heteroatoms. The molecule has 1 nitrogen and oxygen atoms in total. The van der Waals surface area contributed by atoms with Crippen LogP contribution in [0, 0.1) is 25.5 Å². The standard InChI is InChI=1S/C19H15F2N/c1-12-3-10-17(22-11-12)15-7-5-14(6-8-15)16-9-4-13(2)18(20)19(16)21/h3-11H,1-2H3. The van der Waals surface area contributed by atoms with Gasteiger partial charge in [0.15, 0.2) is 11.6 Å². The number of aryl methyl sites for hydroxylation is 2. The van der Waals surface area contributed by atoms with Crippen molar-refractivity contribution in [3.63, 3.8) is 0 Å². The van der Waals surface area contributed by atoms with E-state index in [4.69, 9.17) is 0 Å². The maximum absolute atomic E-state index is 14.0. The van der Waals surface area contributed by atoms with E-state index in [1.807, 2.05) is 31.2 Å². The molecule has 22 heavy (non-hydrogen) atoms. The summed E-state index contributed by atoms with van der Waals surface area (Å²) in [5, 5.41) is 0. The molecule has 0 saturated heterocycles. The van der Waals surface area contributed by atoms with Gasteiger partial charge in [-0.3, -0.25) is 4.98 Å². The van der Waals surface area contributed by atoms with E-state index in [0.29, 0.717) is 11.1 Å². The summed E-state index contributed by atoms with van der Waals surface area (Å²) >= 11 is 0. The molecule has 0 N–H and O–H groups in total. The van der Waals surface area contributed by atoms with Crippen LogP contribution in [0.5, 0.6) is 0 Å². The molecule has 0 radical (unpaired) electrons. The van der Waals surface area contributed by atoms with E-state index in [0.717, 1.165) is 16.8 Å². The second-order valence-electron chi connectivity index (χ2n) is 5.36. The summed E-state index contributed by atoms with van der Waals surface area (Å²) < 4.78 is 27.7. The van der Waals surface area contributed by atoms with E-state index < -0.39 is 11.6 Å². The van der Waals surface area contributed by atoms with Gasteiger partial charge in [0.1, 0.15) is 0 Å². The molecule has 110 valence electrons. The predicted octanol–water partition coefficient (Wildman–Crippen LogP) is 5.31. The minimum absolute atomic E-state index is 0.270. The van der Waals surface area contributed by atoms with Crippen LogP contribution in [0.1, 0.15) is 11.1 Å².